The van der Waals surface area contributed by atoms with E-state index in [9.17, 15) is 0 Å². The maximum atomic E-state index is 5.87. The summed E-state index contributed by atoms with van der Waals surface area (Å²) < 4.78 is 8.00. The first-order valence-corrected chi connectivity index (χ1v) is 4.07. The molecule has 0 atom stereocenters. The Kier molecular flexibility index (Phi) is 1.25. The van der Waals surface area contributed by atoms with Crippen molar-refractivity contribution >= 4 is 11.7 Å². The lowest BCUT2D eigenvalue weighted by Crippen LogP contribution is -2.24. The summed E-state index contributed by atoms with van der Waals surface area (Å²) >= 11 is 1.25. The van der Waals surface area contributed by atoms with Crippen molar-refractivity contribution in [3.8, 4) is 0 Å². The molecule has 1 aliphatic carbocycles. The summed E-state index contributed by atoms with van der Waals surface area (Å²) in [7, 11) is 0. The third-order valence-corrected chi connectivity index (χ3v) is 2.35. The number of aromatic nitrogens is 2. The Balaban J connectivity index is 2.04. The van der Waals surface area contributed by atoms with Crippen LogP contribution in [0.3, 0.4) is 0 Å². The van der Waals surface area contributed by atoms with E-state index < -0.39 is 0 Å². The molecule has 54 valence electrons. The summed E-state index contributed by atoms with van der Waals surface area (Å²) in [6.45, 7) is 0. The molecule has 2 rings (SSSR count). The van der Waals surface area contributed by atoms with Crippen molar-refractivity contribution in [3.05, 3.63) is 11.9 Å². The molecule has 2 N–H and O–H groups in total. The third kappa shape index (κ3) is 1.17. The van der Waals surface area contributed by atoms with Gasteiger partial charge in [-0.2, -0.15) is 8.75 Å². The van der Waals surface area contributed by atoms with Crippen molar-refractivity contribution in [2.45, 2.75) is 24.8 Å². The summed E-state index contributed by atoms with van der Waals surface area (Å²) in [5.41, 5.74) is 7.00. The van der Waals surface area contributed by atoms with Crippen molar-refractivity contribution in [1.29, 1.82) is 0 Å². The van der Waals surface area contributed by atoms with Gasteiger partial charge >= 0.3 is 0 Å². The van der Waals surface area contributed by atoms with Gasteiger partial charge in [-0.15, -0.1) is 0 Å². The van der Waals surface area contributed by atoms with Gasteiger partial charge in [0.1, 0.15) is 0 Å². The number of hydrogen-bond donors (Lipinski definition) is 1. The van der Waals surface area contributed by atoms with Crippen LogP contribution >= 0.6 is 11.7 Å². The largest absolute Gasteiger partial charge is 0.325 e. The highest BCUT2D eigenvalue weighted by molar-refractivity contribution is 6.99. The maximum Gasteiger partial charge on any atom is 0.0761 e. The molecule has 0 radical (unpaired) electrons. The standard InChI is InChI=1S/C6H9N3S/c7-6(1-2-6)3-5-4-8-10-9-5/h4H,1-3,7H2. The van der Waals surface area contributed by atoms with E-state index in [0.717, 1.165) is 25.0 Å². The number of rotatable bonds is 2. The van der Waals surface area contributed by atoms with Gasteiger partial charge in [-0.05, 0) is 12.8 Å². The van der Waals surface area contributed by atoms with Crippen molar-refractivity contribution in [2.24, 2.45) is 5.73 Å². The molecular formula is C6H9N3S. The Hall–Kier alpha value is -0.480. The average Bonchev–Trinajstić information content (AvgIpc) is 2.47. The maximum absolute atomic E-state index is 5.87. The van der Waals surface area contributed by atoms with Crippen LogP contribution in [0.4, 0.5) is 0 Å². The molecule has 0 bridgehead atoms. The van der Waals surface area contributed by atoms with Crippen LogP contribution in [-0.4, -0.2) is 14.3 Å². The zero-order chi connectivity index (χ0) is 7.03. The van der Waals surface area contributed by atoms with Gasteiger partial charge in [0.15, 0.2) is 0 Å². The van der Waals surface area contributed by atoms with E-state index in [0.29, 0.717) is 0 Å². The first-order valence-electron chi connectivity index (χ1n) is 3.34. The smallest absolute Gasteiger partial charge is 0.0761 e. The molecule has 1 aromatic rings. The van der Waals surface area contributed by atoms with Gasteiger partial charge in [-0.3, -0.25) is 0 Å². The number of hydrogen-bond acceptors (Lipinski definition) is 4. The number of nitrogens with zero attached hydrogens (tertiary/aromatic N) is 2. The van der Waals surface area contributed by atoms with Crippen LogP contribution < -0.4 is 5.73 Å². The lowest BCUT2D eigenvalue weighted by atomic mass is 10.1. The summed E-state index contributed by atoms with van der Waals surface area (Å²) in [4.78, 5) is 0. The second-order valence-electron chi connectivity index (χ2n) is 2.94. The molecule has 0 saturated heterocycles. The van der Waals surface area contributed by atoms with Gasteiger partial charge in [0.2, 0.25) is 0 Å². The predicted octanol–water partition coefficient (Wildman–Crippen LogP) is 0.572. The Morgan fingerprint density at radius 3 is 3.00 bits per heavy atom. The molecule has 1 aromatic heterocycles. The highest BCUT2D eigenvalue weighted by atomic mass is 32.1. The molecule has 0 amide bonds. The Labute approximate surface area is 63.6 Å². The summed E-state index contributed by atoms with van der Waals surface area (Å²) in [6.07, 6.45) is 5.00. The van der Waals surface area contributed by atoms with Crippen molar-refractivity contribution < 1.29 is 0 Å². The van der Waals surface area contributed by atoms with E-state index in [1.54, 1.807) is 6.20 Å². The molecular weight excluding hydrogens is 146 g/mol. The zero-order valence-corrected chi connectivity index (χ0v) is 6.40. The van der Waals surface area contributed by atoms with Crippen LogP contribution in [0, 0.1) is 0 Å². The zero-order valence-electron chi connectivity index (χ0n) is 5.58. The van der Waals surface area contributed by atoms with E-state index in [-0.39, 0.29) is 5.54 Å². The predicted molar refractivity (Wildman–Crippen MR) is 39.8 cm³/mol. The molecule has 0 spiro atoms. The van der Waals surface area contributed by atoms with Crippen LogP contribution in [0.5, 0.6) is 0 Å². The minimum Gasteiger partial charge on any atom is -0.325 e. The van der Waals surface area contributed by atoms with E-state index in [1.807, 2.05) is 0 Å². The van der Waals surface area contributed by atoms with Crippen LogP contribution in [0.25, 0.3) is 0 Å². The molecule has 1 saturated carbocycles. The molecule has 0 aromatic carbocycles. The quantitative estimate of drug-likeness (QED) is 0.679. The molecule has 1 heterocycles. The first kappa shape index (κ1) is 6.24. The second kappa shape index (κ2) is 2.00. The molecule has 3 nitrogen and oxygen atoms in total. The lowest BCUT2D eigenvalue weighted by molar-refractivity contribution is 0.663. The van der Waals surface area contributed by atoms with Crippen LogP contribution in [0.1, 0.15) is 18.5 Å². The van der Waals surface area contributed by atoms with Gasteiger partial charge in [0.05, 0.1) is 23.6 Å². The van der Waals surface area contributed by atoms with Gasteiger partial charge in [0, 0.05) is 12.0 Å². The minimum absolute atomic E-state index is 0.0791. The van der Waals surface area contributed by atoms with Crippen molar-refractivity contribution in [3.63, 3.8) is 0 Å². The van der Waals surface area contributed by atoms with Gasteiger partial charge in [-0.25, -0.2) is 0 Å². The fraction of sp³-hybridized carbons (Fsp3) is 0.667. The molecule has 0 aliphatic heterocycles. The van der Waals surface area contributed by atoms with E-state index in [1.165, 1.54) is 11.7 Å². The fourth-order valence-electron chi connectivity index (χ4n) is 0.960. The summed E-state index contributed by atoms with van der Waals surface area (Å²) in [5.74, 6) is 0. The fourth-order valence-corrected chi connectivity index (χ4v) is 1.39. The highest BCUT2D eigenvalue weighted by Crippen LogP contribution is 2.34. The van der Waals surface area contributed by atoms with E-state index in [2.05, 4.69) is 8.75 Å². The van der Waals surface area contributed by atoms with E-state index in [4.69, 9.17) is 5.73 Å². The normalized spacial score (nSPS) is 20.9. The summed E-state index contributed by atoms with van der Waals surface area (Å²) in [5, 5.41) is 0. The lowest BCUT2D eigenvalue weighted by Gasteiger charge is -2.02. The molecule has 0 unspecified atom stereocenters. The molecule has 1 fully saturated rings. The third-order valence-electron chi connectivity index (χ3n) is 1.83. The first-order chi connectivity index (χ1) is 4.79. The average molecular weight is 155 g/mol. The Morgan fingerprint density at radius 1 is 1.70 bits per heavy atom. The summed E-state index contributed by atoms with van der Waals surface area (Å²) in [6, 6.07) is 0. The van der Waals surface area contributed by atoms with Crippen LogP contribution in [-0.2, 0) is 6.42 Å². The second-order valence-corrected chi connectivity index (χ2v) is 3.49. The monoisotopic (exact) mass is 155 g/mol. The topological polar surface area (TPSA) is 51.8 Å². The highest BCUT2D eigenvalue weighted by Gasteiger charge is 2.38. The van der Waals surface area contributed by atoms with Crippen LogP contribution in [0.15, 0.2) is 6.20 Å². The van der Waals surface area contributed by atoms with Gasteiger partial charge in [0.25, 0.3) is 0 Å². The Bertz CT molecular complexity index is 215. The van der Waals surface area contributed by atoms with Crippen LogP contribution in [0.2, 0.25) is 0 Å². The van der Waals surface area contributed by atoms with Crippen molar-refractivity contribution in [2.75, 3.05) is 0 Å². The van der Waals surface area contributed by atoms with Gasteiger partial charge < -0.3 is 5.73 Å². The Morgan fingerprint density at radius 2 is 2.50 bits per heavy atom. The number of nitrogens with two attached hydrogens (primary N) is 1. The van der Waals surface area contributed by atoms with Gasteiger partial charge in [-0.1, -0.05) is 0 Å². The minimum atomic E-state index is 0.0791. The van der Waals surface area contributed by atoms with Crippen molar-refractivity contribution in [1.82, 2.24) is 8.75 Å². The molecule has 10 heavy (non-hydrogen) atoms. The van der Waals surface area contributed by atoms with E-state index >= 15 is 0 Å². The molecule has 1 aliphatic rings. The SMILES string of the molecule is NC1(Cc2cnsn2)CC1. The molecule has 4 heteroatoms.